The standard InChI is InChI=1S/C14H22N4/c15-14(17-10-7-12-4-3-5-12)18-11-8-13-6-1-2-9-16-13/h1-2,6,9,12H,3-5,7-8,10-11H2,(H3,15,17,18). The van der Waals surface area contributed by atoms with Crippen LogP contribution in [0, 0.1) is 5.92 Å². The van der Waals surface area contributed by atoms with Gasteiger partial charge in [0, 0.05) is 31.4 Å². The number of aromatic nitrogens is 1. The van der Waals surface area contributed by atoms with Gasteiger partial charge in [-0.3, -0.25) is 9.98 Å². The monoisotopic (exact) mass is 246 g/mol. The van der Waals surface area contributed by atoms with Crippen molar-refractivity contribution in [2.75, 3.05) is 13.1 Å². The van der Waals surface area contributed by atoms with Crippen LogP contribution < -0.4 is 11.1 Å². The van der Waals surface area contributed by atoms with Crippen LogP contribution >= 0.6 is 0 Å². The average molecular weight is 246 g/mol. The average Bonchev–Trinajstić information content (AvgIpc) is 2.34. The topological polar surface area (TPSA) is 63.3 Å². The third kappa shape index (κ3) is 4.35. The van der Waals surface area contributed by atoms with E-state index in [1.165, 1.54) is 25.7 Å². The van der Waals surface area contributed by atoms with Gasteiger partial charge in [0.05, 0.1) is 0 Å². The van der Waals surface area contributed by atoms with Gasteiger partial charge in [-0.05, 0) is 24.5 Å². The van der Waals surface area contributed by atoms with Crippen molar-refractivity contribution >= 4 is 5.96 Å². The molecule has 0 saturated heterocycles. The van der Waals surface area contributed by atoms with Crippen molar-refractivity contribution in [3.63, 3.8) is 0 Å². The minimum Gasteiger partial charge on any atom is -0.370 e. The highest BCUT2D eigenvalue weighted by atomic mass is 15.1. The molecular weight excluding hydrogens is 224 g/mol. The van der Waals surface area contributed by atoms with Crippen LogP contribution in [0.1, 0.15) is 31.4 Å². The first kappa shape index (κ1) is 12.9. The Kier molecular flexibility index (Phi) is 5.00. The van der Waals surface area contributed by atoms with E-state index in [-0.39, 0.29) is 0 Å². The van der Waals surface area contributed by atoms with Crippen LogP contribution in [0.4, 0.5) is 0 Å². The van der Waals surface area contributed by atoms with E-state index < -0.39 is 0 Å². The molecule has 1 aliphatic carbocycles. The second-order valence-corrected chi connectivity index (χ2v) is 4.85. The van der Waals surface area contributed by atoms with Crippen LogP contribution in [-0.4, -0.2) is 24.0 Å². The molecule has 0 aliphatic heterocycles. The Hall–Kier alpha value is -1.58. The summed E-state index contributed by atoms with van der Waals surface area (Å²) in [7, 11) is 0. The predicted octanol–water partition coefficient (Wildman–Crippen LogP) is 1.72. The van der Waals surface area contributed by atoms with E-state index in [9.17, 15) is 0 Å². The molecule has 1 saturated carbocycles. The highest BCUT2D eigenvalue weighted by Crippen LogP contribution is 2.28. The molecule has 1 aromatic rings. The highest BCUT2D eigenvalue weighted by molar-refractivity contribution is 5.77. The molecule has 4 heteroatoms. The maximum atomic E-state index is 5.80. The smallest absolute Gasteiger partial charge is 0.188 e. The molecule has 2 rings (SSSR count). The van der Waals surface area contributed by atoms with Crippen molar-refractivity contribution in [2.24, 2.45) is 16.6 Å². The Labute approximate surface area is 109 Å². The van der Waals surface area contributed by atoms with Gasteiger partial charge in [-0.2, -0.15) is 0 Å². The summed E-state index contributed by atoms with van der Waals surface area (Å²) in [6.45, 7) is 1.64. The first-order valence-corrected chi connectivity index (χ1v) is 6.78. The molecule has 0 spiro atoms. The molecule has 1 aromatic heterocycles. The second kappa shape index (κ2) is 6.99. The Morgan fingerprint density at radius 1 is 1.44 bits per heavy atom. The molecule has 0 unspecified atom stereocenters. The van der Waals surface area contributed by atoms with Crippen molar-refractivity contribution in [3.05, 3.63) is 30.1 Å². The fraction of sp³-hybridized carbons (Fsp3) is 0.571. The third-order valence-corrected chi connectivity index (χ3v) is 3.46. The van der Waals surface area contributed by atoms with Gasteiger partial charge in [0.2, 0.25) is 0 Å². The molecule has 0 aromatic carbocycles. The molecular formula is C14H22N4. The van der Waals surface area contributed by atoms with Crippen LogP contribution in [0.3, 0.4) is 0 Å². The number of nitrogens with one attached hydrogen (secondary N) is 1. The molecule has 1 fully saturated rings. The number of guanidine groups is 1. The molecule has 0 radical (unpaired) electrons. The Bertz CT molecular complexity index is 371. The minimum absolute atomic E-state index is 0.560. The van der Waals surface area contributed by atoms with E-state index in [0.717, 1.165) is 31.1 Å². The van der Waals surface area contributed by atoms with Crippen molar-refractivity contribution in [1.29, 1.82) is 0 Å². The molecule has 0 atom stereocenters. The molecule has 18 heavy (non-hydrogen) atoms. The maximum Gasteiger partial charge on any atom is 0.188 e. The number of hydrogen-bond acceptors (Lipinski definition) is 2. The normalized spacial score (nSPS) is 16.3. The lowest BCUT2D eigenvalue weighted by Crippen LogP contribution is -2.33. The largest absolute Gasteiger partial charge is 0.370 e. The zero-order valence-electron chi connectivity index (χ0n) is 10.8. The summed E-state index contributed by atoms with van der Waals surface area (Å²) < 4.78 is 0. The second-order valence-electron chi connectivity index (χ2n) is 4.85. The fourth-order valence-electron chi connectivity index (χ4n) is 2.07. The third-order valence-electron chi connectivity index (χ3n) is 3.46. The van der Waals surface area contributed by atoms with Gasteiger partial charge < -0.3 is 11.1 Å². The SMILES string of the molecule is NC(=NCCC1CCC1)NCCc1ccccn1. The quantitative estimate of drug-likeness (QED) is 0.593. The van der Waals surface area contributed by atoms with Crippen molar-refractivity contribution in [2.45, 2.75) is 32.1 Å². The van der Waals surface area contributed by atoms with Crippen LogP contribution in [0.2, 0.25) is 0 Å². The van der Waals surface area contributed by atoms with E-state index in [4.69, 9.17) is 5.73 Å². The van der Waals surface area contributed by atoms with Gasteiger partial charge in [0.25, 0.3) is 0 Å². The van der Waals surface area contributed by atoms with Crippen molar-refractivity contribution in [1.82, 2.24) is 10.3 Å². The van der Waals surface area contributed by atoms with Crippen LogP contribution in [0.15, 0.2) is 29.4 Å². The van der Waals surface area contributed by atoms with Crippen LogP contribution in [-0.2, 0) is 6.42 Å². The van der Waals surface area contributed by atoms with Crippen molar-refractivity contribution in [3.8, 4) is 0 Å². The van der Waals surface area contributed by atoms with Gasteiger partial charge in [-0.25, -0.2) is 0 Å². The van der Waals surface area contributed by atoms with Crippen LogP contribution in [0.5, 0.6) is 0 Å². The first-order valence-electron chi connectivity index (χ1n) is 6.78. The number of pyridine rings is 1. The highest BCUT2D eigenvalue weighted by Gasteiger charge is 2.16. The Balaban J connectivity index is 1.58. The lowest BCUT2D eigenvalue weighted by atomic mass is 9.83. The first-order chi connectivity index (χ1) is 8.84. The number of nitrogens with two attached hydrogens (primary N) is 1. The number of hydrogen-bond donors (Lipinski definition) is 2. The number of aliphatic imine (C=N–C) groups is 1. The Morgan fingerprint density at radius 2 is 2.33 bits per heavy atom. The van der Waals surface area contributed by atoms with Gasteiger partial charge in [-0.15, -0.1) is 0 Å². The summed E-state index contributed by atoms with van der Waals surface area (Å²) in [5, 5.41) is 3.13. The summed E-state index contributed by atoms with van der Waals surface area (Å²) >= 11 is 0. The molecule has 98 valence electrons. The van der Waals surface area contributed by atoms with Gasteiger partial charge in [0.1, 0.15) is 0 Å². The van der Waals surface area contributed by atoms with Gasteiger partial charge in [-0.1, -0.05) is 25.3 Å². The van der Waals surface area contributed by atoms with E-state index in [1.807, 2.05) is 24.4 Å². The zero-order chi connectivity index (χ0) is 12.6. The predicted molar refractivity (Wildman–Crippen MR) is 74.4 cm³/mol. The molecule has 4 nitrogen and oxygen atoms in total. The lowest BCUT2D eigenvalue weighted by Gasteiger charge is -2.24. The summed E-state index contributed by atoms with van der Waals surface area (Å²) in [6.07, 6.45) is 8.02. The van der Waals surface area contributed by atoms with Crippen molar-refractivity contribution < 1.29 is 0 Å². The molecule has 0 amide bonds. The van der Waals surface area contributed by atoms with Gasteiger partial charge in [0.15, 0.2) is 5.96 Å². The van der Waals surface area contributed by atoms with Gasteiger partial charge >= 0.3 is 0 Å². The zero-order valence-corrected chi connectivity index (χ0v) is 10.8. The fourth-order valence-corrected chi connectivity index (χ4v) is 2.07. The number of rotatable bonds is 6. The van der Waals surface area contributed by atoms with Crippen LogP contribution in [0.25, 0.3) is 0 Å². The maximum absolute atomic E-state index is 5.80. The van der Waals surface area contributed by atoms with E-state index in [1.54, 1.807) is 0 Å². The summed E-state index contributed by atoms with van der Waals surface area (Å²) in [4.78, 5) is 8.60. The molecule has 0 bridgehead atoms. The summed E-state index contributed by atoms with van der Waals surface area (Å²) in [5.74, 6) is 1.46. The molecule has 3 N–H and O–H groups in total. The lowest BCUT2D eigenvalue weighted by molar-refractivity contribution is 0.300. The minimum atomic E-state index is 0.560. The van der Waals surface area contributed by atoms with E-state index in [0.29, 0.717) is 5.96 Å². The summed E-state index contributed by atoms with van der Waals surface area (Å²) in [6, 6.07) is 5.94. The summed E-state index contributed by atoms with van der Waals surface area (Å²) in [5.41, 5.74) is 6.88. The molecule has 1 aliphatic rings. The Morgan fingerprint density at radius 3 is 3.00 bits per heavy atom. The van der Waals surface area contributed by atoms with E-state index >= 15 is 0 Å². The number of nitrogens with zero attached hydrogens (tertiary/aromatic N) is 2. The molecule has 1 heterocycles. The van der Waals surface area contributed by atoms with E-state index in [2.05, 4.69) is 15.3 Å².